The number of allylic oxidation sites excluding steroid dienone is 1. The third-order valence-electron chi connectivity index (χ3n) is 7.84. The second-order valence-electron chi connectivity index (χ2n) is 11.2. The molecule has 0 bridgehead atoms. The topological polar surface area (TPSA) is 381 Å². The van der Waals surface area contributed by atoms with Gasteiger partial charge in [-0.25, -0.2) is 28.6 Å². The van der Waals surface area contributed by atoms with Gasteiger partial charge in [-0.15, -0.1) is 0 Å². The second-order valence-corrected chi connectivity index (χ2v) is 15.5. The molecule has 11 N–H and O–H groups in total. The lowest BCUT2D eigenvalue weighted by molar-refractivity contribution is -0.160. The van der Waals surface area contributed by atoms with Gasteiger partial charge in [0.15, 0.2) is 35.3 Å². The number of carbonyl (C=O) groups excluding carboxylic acids is 2. The Morgan fingerprint density at radius 1 is 1.04 bits per heavy atom. The number of nitrogens with two attached hydrogens (primary N) is 2. The van der Waals surface area contributed by atoms with Crippen LogP contribution in [0.25, 0.3) is 11.2 Å². The van der Waals surface area contributed by atoms with Gasteiger partial charge in [0.05, 0.1) is 19.5 Å². The van der Waals surface area contributed by atoms with Gasteiger partial charge in [-0.3, -0.25) is 27.7 Å². The minimum Gasteiger partial charge on any atom is -0.387 e. The van der Waals surface area contributed by atoms with Crippen LogP contribution in [0, 0.1) is 0 Å². The van der Waals surface area contributed by atoms with E-state index in [1.165, 1.54) is 23.4 Å². The number of nitrogens with zero attached hydrogens (tertiary/aromatic N) is 5. The van der Waals surface area contributed by atoms with Crippen molar-refractivity contribution in [3.8, 4) is 0 Å². The second kappa shape index (κ2) is 14.4. The highest BCUT2D eigenvalue weighted by Crippen LogP contribution is 2.61. The summed E-state index contributed by atoms with van der Waals surface area (Å²) < 4.78 is 67.9. The Balaban J connectivity index is 1.28. The first-order chi connectivity index (χ1) is 23.6. The van der Waals surface area contributed by atoms with Crippen molar-refractivity contribution in [1.29, 1.82) is 0 Å². The Bertz CT molecular complexity index is 1890. The number of fused-ring (bicyclic) bond motifs is 1. The number of anilines is 1. The monoisotopic (exact) mass is 787 g/mol. The van der Waals surface area contributed by atoms with Crippen molar-refractivity contribution < 1.29 is 85.5 Å². The molecule has 5 rings (SSSR count). The van der Waals surface area contributed by atoms with Crippen molar-refractivity contribution in [3.63, 3.8) is 0 Å². The summed E-state index contributed by atoms with van der Waals surface area (Å²) in [5, 5.41) is 32.0. The molecule has 51 heavy (non-hydrogen) atoms. The van der Waals surface area contributed by atoms with Gasteiger partial charge in [0.25, 0.3) is 0 Å². The summed E-state index contributed by atoms with van der Waals surface area (Å²) in [7, 11) is -16.8. The first-order valence-electron chi connectivity index (χ1n) is 14.3. The van der Waals surface area contributed by atoms with Crippen LogP contribution >= 0.6 is 23.5 Å². The van der Waals surface area contributed by atoms with Crippen molar-refractivity contribution in [2.45, 2.75) is 61.9 Å². The molecule has 10 atom stereocenters. The molecule has 2 aromatic rings. The molecule has 0 saturated carbocycles. The highest BCUT2D eigenvalue weighted by molar-refractivity contribution is 7.61. The number of rotatable bonds is 14. The van der Waals surface area contributed by atoms with Crippen LogP contribution in [-0.4, -0.2) is 127 Å². The largest absolute Gasteiger partial charge is 0.481 e. The minimum atomic E-state index is -5.75. The lowest BCUT2D eigenvalue weighted by Crippen LogP contribution is -2.52. The van der Waals surface area contributed by atoms with Crippen molar-refractivity contribution in [3.05, 3.63) is 36.7 Å². The quantitative estimate of drug-likeness (QED) is 0.0885. The van der Waals surface area contributed by atoms with E-state index < -0.39 is 96.9 Å². The van der Waals surface area contributed by atoms with Crippen LogP contribution in [0.2, 0.25) is 0 Å². The maximum atomic E-state index is 12.9. The van der Waals surface area contributed by atoms with Gasteiger partial charge < -0.3 is 60.7 Å². The number of ketones is 1. The summed E-state index contributed by atoms with van der Waals surface area (Å²) in [5.41, 5.74) is 8.32. The van der Waals surface area contributed by atoms with E-state index >= 15 is 0 Å². The van der Waals surface area contributed by atoms with Crippen LogP contribution in [0.4, 0.5) is 5.82 Å². The molecule has 2 saturated heterocycles. The van der Waals surface area contributed by atoms with E-state index in [0.717, 1.165) is 24.1 Å². The third kappa shape index (κ3) is 8.29. The average Bonchev–Trinajstić information content (AvgIpc) is 3.67. The molecule has 0 aliphatic carbocycles. The maximum Gasteiger partial charge on any atom is 0.481 e. The van der Waals surface area contributed by atoms with Gasteiger partial charge in [-0.1, -0.05) is 6.08 Å². The molecule has 0 radical (unpaired) electrons. The molecule has 282 valence electrons. The normalized spacial score (nSPS) is 32.1. The molecule has 2 aromatic heterocycles. The SMILES string of the molecule is CC(=O)[C@]1(COP(=O)(O)OP(=O)(O)OC[C@H]2O[C@@H](N3C=CCC(C(N)=O)=C3)[C@H](O)[C@@H]2O)O[C@@H](n2cnc3c(N)ncnc32)[C@H](OP(=O)(O)O)[C@H]1O. The molecule has 2 fully saturated rings. The first kappa shape index (κ1) is 39.2. The summed E-state index contributed by atoms with van der Waals surface area (Å²) in [6, 6.07) is 0. The summed E-state index contributed by atoms with van der Waals surface area (Å²) in [6.45, 7) is -1.64. The molecular formula is C23H32N7O18P3. The number of ether oxygens (including phenoxy) is 2. The number of phosphoric ester groups is 3. The van der Waals surface area contributed by atoms with Crippen LogP contribution in [0.5, 0.6) is 0 Å². The number of hydrogen-bond acceptors (Lipinski definition) is 19. The number of primary amides is 1. The Morgan fingerprint density at radius 3 is 2.37 bits per heavy atom. The fourth-order valence-corrected chi connectivity index (χ4v) is 8.01. The van der Waals surface area contributed by atoms with Crippen LogP contribution in [0.1, 0.15) is 19.6 Å². The summed E-state index contributed by atoms with van der Waals surface area (Å²) in [5.74, 6) is -2.02. The Morgan fingerprint density at radius 2 is 1.73 bits per heavy atom. The van der Waals surface area contributed by atoms with Crippen LogP contribution in [0.3, 0.4) is 0 Å². The van der Waals surface area contributed by atoms with Crippen molar-refractivity contribution in [1.82, 2.24) is 24.4 Å². The van der Waals surface area contributed by atoms with Crippen LogP contribution in [0.15, 0.2) is 36.7 Å². The van der Waals surface area contributed by atoms with Crippen molar-refractivity contribution >= 4 is 52.1 Å². The molecule has 3 aliphatic heterocycles. The summed E-state index contributed by atoms with van der Waals surface area (Å²) >= 11 is 0. The van der Waals surface area contributed by atoms with E-state index in [-0.39, 0.29) is 29.0 Å². The average molecular weight is 787 g/mol. The molecule has 5 heterocycles. The number of carbonyl (C=O) groups is 2. The summed E-state index contributed by atoms with van der Waals surface area (Å²) in [4.78, 5) is 76.9. The zero-order valence-corrected chi connectivity index (χ0v) is 28.6. The lowest BCUT2D eigenvalue weighted by atomic mass is 9.92. The van der Waals surface area contributed by atoms with Crippen molar-refractivity contribution in [2.24, 2.45) is 5.73 Å². The van der Waals surface area contributed by atoms with Gasteiger partial charge in [0.1, 0.15) is 42.4 Å². The molecule has 2 unspecified atom stereocenters. The predicted molar refractivity (Wildman–Crippen MR) is 162 cm³/mol. The smallest absolute Gasteiger partial charge is 0.387 e. The maximum absolute atomic E-state index is 12.9. The number of phosphoric acid groups is 3. The number of aliphatic hydroxyl groups is 3. The zero-order valence-electron chi connectivity index (χ0n) is 25.9. The highest BCUT2D eigenvalue weighted by atomic mass is 31.3. The Hall–Kier alpha value is -3.06. The van der Waals surface area contributed by atoms with Crippen LogP contribution < -0.4 is 11.5 Å². The van der Waals surface area contributed by atoms with Gasteiger partial charge in [-0.05, 0) is 13.3 Å². The van der Waals surface area contributed by atoms with Gasteiger partial charge in [0.2, 0.25) is 5.91 Å². The van der Waals surface area contributed by atoms with E-state index in [9.17, 15) is 58.2 Å². The molecular weight excluding hydrogens is 755 g/mol. The number of Topliss-reactive ketones (excluding diaryl/α,β-unsaturated/α-hetero) is 1. The number of hydrogen-bond donors (Lipinski definition) is 9. The van der Waals surface area contributed by atoms with E-state index in [1.54, 1.807) is 0 Å². The van der Waals surface area contributed by atoms with E-state index in [0.29, 0.717) is 0 Å². The van der Waals surface area contributed by atoms with E-state index in [2.05, 4.69) is 23.8 Å². The number of imidazole rings is 1. The third-order valence-corrected chi connectivity index (χ3v) is 10.9. The minimum absolute atomic E-state index is 0.0213. The van der Waals surface area contributed by atoms with Gasteiger partial charge in [-0.2, -0.15) is 4.31 Å². The zero-order chi connectivity index (χ0) is 37.7. The molecule has 3 aliphatic rings. The van der Waals surface area contributed by atoms with E-state index in [4.69, 9.17) is 30.0 Å². The molecule has 25 nitrogen and oxygen atoms in total. The Labute approximate surface area is 285 Å². The fourth-order valence-electron chi connectivity index (χ4n) is 5.36. The number of nitrogen functional groups attached to an aromatic ring is 1. The van der Waals surface area contributed by atoms with E-state index in [1.807, 2.05) is 0 Å². The van der Waals surface area contributed by atoms with Crippen LogP contribution in [-0.2, 0) is 50.6 Å². The summed E-state index contributed by atoms with van der Waals surface area (Å²) in [6.07, 6.45) is -6.15. The predicted octanol–water partition coefficient (Wildman–Crippen LogP) is -2.61. The molecule has 28 heteroatoms. The first-order valence-corrected chi connectivity index (χ1v) is 18.8. The highest BCUT2D eigenvalue weighted by Gasteiger charge is 2.62. The van der Waals surface area contributed by atoms with Gasteiger partial charge in [0, 0.05) is 18.0 Å². The van der Waals surface area contributed by atoms with Gasteiger partial charge >= 0.3 is 23.5 Å². The number of aliphatic hydroxyl groups excluding tert-OH is 3. The fraction of sp³-hybridized carbons (Fsp3) is 0.522. The van der Waals surface area contributed by atoms with Crippen molar-refractivity contribution in [2.75, 3.05) is 18.9 Å². The molecule has 0 aromatic carbocycles. The standard InChI is InChI=1S/C23H32N7O18P3/c1-10(31)23(17(34)16(47-49(36,37)38)22(46-23)30-9-28-13-18(24)26-8-27-20(13)30)7-44-51(41,42)48-50(39,40)43-6-12-14(32)15(33)21(45-12)29-4-2-3-11(5-29)19(25)35/h2,4-5,8-9,12,14-17,21-22,32-34H,3,6-7H2,1H3,(H2,25,35)(H,39,40)(H,41,42)(H2,24,26,27)(H2,36,37,38)/t12-,14-,15-,16-,17-,21-,22-,23+/m1/s1. The molecule has 1 amide bonds. The number of aromatic nitrogens is 4. The number of amides is 1. The molecule has 0 spiro atoms. The lowest BCUT2D eigenvalue weighted by Gasteiger charge is -2.30. The Kier molecular flexibility index (Phi) is 11.1.